The first-order chi connectivity index (χ1) is 8.56. The summed E-state index contributed by atoms with van der Waals surface area (Å²) >= 11 is 0. The lowest BCUT2D eigenvalue weighted by Gasteiger charge is -2.10. The average Bonchev–Trinajstić information content (AvgIpc) is 2.33. The number of nitrogens with one attached hydrogen (secondary N) is 2. The molecule has 0 fully saturated rings. The van der Waals surface area contributed by atoms with E-state index in [-0.39, 0.29) is 18.2 Å². The zero-order chi connectivity index (χ0) is 13.5. The lowest BCUT2D eigenvalue weighted by Crippen LogP contribution is -2.16. The summed E-state index contributed by atoms with van der Waals surface area (Å²) in [6.45, 7) is 4.01. The third kappa shape index (κ3) is 4.18. The number of benzene rings is 1. The molecule has 0 unspecified atom stereocenters. The van der Waals surface area contributed by atoms with Gasteiger partial charge in [-0.1, -0.05) is 13.0 Å². The molecule has 18 heavy (non-hydrogen) atoms. The predicted molar refractivity (Wildman–Crippen MR) is 72.4 cm³/mol. The van der Waals surface area contributed by atoms with E-state index in [0.717, 1.165) is 5.56 Å². The van der Waals surface area contributed by atoms with Crippen molar-refractivity contribution >= 4 is 23.2 Å². The molecule has 1 aromatic carbocycles. The van der Waals surface area contributed by atoms with Crippen molar-refractivity contribution in [1.82, 2.24) is 0 Å². The molecule has 0 bridgehead atoms. The number of rotatable bonds is 5. The van der Waals surface area contributed by atoms with Crippen LogP contribution in [0.1, 0.15) is 25.3 Å². The summed E-state index contributed by atoms with van der Waals surface area (Å²) in [5.74, 6) is -0.183. The van der Waals surface area contributed by atoms with Gasteiger partial charge >= 0.3 is 0 Å². The molecular formula is C13H19N3O2. The second kappa shape index (κ2) is 6.76. The third-order valence-electron chi connectivity index (χ3n) is 2.49. The molecule has 0 aliphatic carbocycles. The normalized spacial score (nSPS) is 9.94. The van der Waals surface area contributed by atoms with Crippen molar-refractivity contribution in [2.45, 2.75) is 26.7 Å². The number of anilines is 2. The highest BCUT2D eigenvalue weighted by Gasteiger charge is 2.06. The molecule has 2 amide bonds. The van der Waals surface area contributed by atoms with E-state index in [1.165, 1.54) is 0 Å². The van der Waals surface area contributed by atoms with Crippen molar-refractivity contribution in [2.24, 2.45) is 5.73 Å². The Balaban J connectivity index is 2.80. The lowest BCUT2D eigenvalue weighted by atomic mass is 10.1. The molecule has 5 nitrogen and oxygen atoms in total. The van der Waals surface area contributed by atoms with Crippen molar-refractivity contribution < 1.29 is 9.59 Å². The molecule has 4 N–H and O–H groups in total. The van der Waals surface area contributed by atoms with Gasteiger partial charge in [0.2, 0.25) is 11.8 Å². The van der Waals surface area contributed by atoms with E-state index in [0.29, 0.717) is 24.3 Å². The second-order valence-corrected chi connectivity index (χ2v) is 4.02. The zero-order valence-corrected chi connectivity index (χ0v) is 10.7. The molecule has 5 heteroatoms. The second-order valence-electron chi connectivity index (χ2n) is 4.02. The van der Waals surface area contributed by atoms with Crippen LogP contribution in [0.5, 0.6) is 0 Å². The van der Waals surface area contributed by atoms with Gasteiger partial charge in [-0.2, -0.15) is 0 Å². The van der Waals surface area contributed by atoms with Gasteiger partial charge in [0.15, 0.2) is 0 Å². The Kier molecular flexibility index (Phi) is 5.32. The molecule has 0 heterocycles. The van der Waals surface area contributed by atoms with E-state index >= 15 is 0 Å². The fraction of sp³-hybridized carbons (Fsp3) is 0.385. The number of amides is 2. The molecule has 0 aliphatic heterocycles. The van der Waals surface area contributed by atoms with Crippen LogP contribution in [0, 0.1) is 6.92 Å². The van der Waals surface area contributed by atoms with Crippen molar-refractivity contribution in [3.05, 3.63) is 23.8 Å². The fourth-order valence-electron chi connectivity index (χ4n) is 1.43. The van der Waals surface area contributed by atoms with Crippen LogP contribution >= 0.6 is 0 Å². The molecule has 0 saturated carbocycles. The average molecular weight is 249 g/mol. The minimum Gasteiger partial charge on any atom is -0.330 e. The van der Waals surface area contributed by atoms with E-state index in [1.807, 2.05) is 13.0 Å². The van der Waals surface area contributed by atoms with Crippen LogP contribution in [0.3, 0.4) is 0 Å². The molecule has 0 radical (unpaired) electrons. The van der Waals surface area contributed by atoms with Gasteiger partial charge < -0.3 is 16.4 Å². The van der Waals surface area contributed by atoms with E-state index < -0.39 is 0 Å². The Hall–Kier alpha value is -1.88. The van der Waals surface area contributed by atoms with E-state index in [2.05, 4.69) is 10.6 Å². The minimum atomic E-state index is -0.130. The Bertz CT molecular complexity index is 444. The summed E-state index contributed by atoms with van der Waals surface area (Å²) in [7, 11) is 0. The summed E-state index contributed by atoms with van der Waals surface area (Å²) in [4.78, 5) is 22.8. The summed E-state index contributed by atoms with van der Waals surface area (Å²) in [5, 5.41) is 5.52. The SMILES string of the molecule is CCC(=O)Nc1cc(NC(=O)CCN)ccc1C. The van der Waals surface area contributed by atoms with Crippen LogP contribution in [0.4, 0.5) is 11.4 Å². The molecule has 1 rings (SSSR count). The Morgan fingerprint density at radius 3 is 2.56 bits per heavy atom. The fourth-order valence-corrected chi connectivity index (χ4v) is 1.43. The van der Waals surface area contributed by atoms with Crippen molar-refractivity contribution in [2.75, 3.05) is 17.2 Å². The van der Waals surface area contributed by atoms with Crippen LogP contribution < -0.4 is 16.4 Å². The van der Waals surface area contributed by atoms with Gasteiger partial charge in [0.1, 0.15) is 0 Å². The molecule has 0 aliphatic rings. The first kappa shape index (κ1) is 14.2. The first-order valence-electron chi connectivity index (χ1n) is 5.97. The highest BCUT2D eigenvalue weighted by Crippen LogP contribution is 2.20. The maximum Gasteiger partial charge on any atom is 0.225 e. The Morgan fingerprint density at radius 2 is 1.94 bits per heavy atom. The van der Waals surface area contributed by atoms with Crippen LogP contribution in [0.2, 0.25) is 0 Å². The number of aryl methyl sites for hydroxylation is 1. The van der Waals surface area contributed by atoms with Gasteiger partial charge in [-0.15, -0.1) is 0 Å². The topological polar surface area (TPSA) is 84.2 Å². The maximum absolute atomic E-state index is 11.4. The molecule has 98 valence electrons. The van der Waals surface area contributed by atoms with Gasteiger partial charge in [0.25, 0.3) is 0 Å². The molecular weight excluding hydrogens is 230 g/mol. The summed E-state index contributed by atoms with van der Waals surface area (Å²) < 4.78 is 0. The number of hydrogen-bond acceptors (Lipinski definition) is 3. The summed E-state index contributed by atoms with van der Waals surface area (Å²) in [5.41, 5.74) is 7.63. The number of carbonyl (C=O) groups excluding carboxylic acids is 2. The monoisotopic (exact) mass is 249 g/mol. The first-order valence-corrected chi connectivity index (χ1v) is 5.97. The Morgan fingerprint density at radius 1 is 1.22 bits per heavy atom. The zero-order valence-electron chi connectivity index (χ0n) is 10.7. The molecule has 0 atom stereocenters. The predicted octanol–water partition coefficient (Wildman–Crippen LogP) is 1.63. The number of carbonyl (C=O) groups is 2. The van der Waals surface area contributed by atoms with Gasteiger partial charge in [-0.25, -0.2) is 0 Å². The Labute approximate surface area is 107 Å². The largest absolute Gasteiger partial charge is 0.330 e. The van der Waals surface area contributed by atoms with Crippen molar-refractivity contribution in [1.29, 1.82) is 0 Å². The molecule has 1 aromatic rings. The van der Waals surface area contributed by atoms with Gasteiger partial charge in [0.05, 0.1) is 0 Å². The van der Waals surface area contributed by atoms with Crippen LogP contribution in [-0.4, -0.2) is 18.4 Å². The standard InChI is InChI=1S/C13H19N3O2/c1-3-12(17)16-11-8-10(5-4-9(11)2)15-13(18)6-7-14/h4-5,8H,3,6-7,14H2,1-2H3,(H,15,18)(H,16,17). The van der Waals surface area contributed by atoms with Crippen LogP contribution in [0.25, 0.3) is 0 Å². The third-order valence-corrected chi connectivity index (χ3v) is 2.49. The quantitative estimate of drug-likeness (QED) is 0.741. The summed E-state index contributed by atoms with van der Waals surface area (Å²) in [6, 6.07) is 5.39. The molecule has 0 spiro atoms. The van der Waals surface area contributed by atoms with Gasteiger partial charge in [0, 0.05) is 30.8 Å². The highest BCUT2D eigenvalue weighted by molar-refractivity contribution is 5.94. The van der Waals surface area contributed by atoms with Crippen LogP contribution in [0.15, 0.2) is 18.2 Å². The van der Waals surface area contributed by atoms with E-state index in [1.54, 1.807) is 19.1 Å². The number of hydrogen-bond donors (Lipinski definition) is 3. The van der Waals surface area contributed by atoms with E-state index in [4.69, 9.17) is 5.73 Å². The summed E-state index contributed by atoms with van der Waals surface area (Å²) in [6.07, 6.45) is 0.702. The smallest absolute Gasteiger partial charge is 0.225 e. The van der Waals surface area contributed by atoms with Gasteiger partial charge in [-0.3, -0.25) is 9.59 Å². The van der Waals surface area contributed by atoms with Crippen molar-refractivity contribution in [3.63, 3.8) is 0 Å². The lowest BCUT2D eigenvalue weighted by molar-refractivity contribution is -0.116. The minimum absolute atomic E-state index is 0.0523. The maximum atomic E-state index is 11.4. The highest BCUT2D eigenvalue weighted by atomic mass is 16.2. The van der Waals surface area contributed by atoms with E-state index in [9.17, 15) is 9.59 Å². The van der Waals surface area contributed by atoms with Crippen LogP contribution in [-0.2, 0) is 9.59 Å². The molecule has 0 aromatic heterocycles. The van der Waals surface area contributed by atoms with Gasteiger partial charge in [-0.05, 0) is 24.6 Å². The van der Waals surface area contributed by atoms with Crippen molar-refractivity contribution in [3.8, 4) is 0 Å². The number of nitrogens with two attached hydrogens (primary N) is 1. The molecule has 0 saturated heterocycles.